The first-order chi connectivity index (χ1) is 12.6. The van der Waals surface area contributed by atoms with E-state index in [1.54, 1.807) is 19.2 Å². The van der Waals surface area contributed by atoms with Gasteiger partial charge in [0.15, 0.2) is 0 Å². The van der Waals surface area contributed by atoms with Gasteiger partial charge in [0, 0.05) is 12.1 Å². The Kier molecular flexibility index (Phi) is 7.30. The van der Waals surface area contributed by atoms with Gasteiger partial charge in [0.2, 0.25) is 0 Å². The van der Waals surface area contributed by atoms with Crippen molar-refractivity contribution in [2.45, 2.75) is 13.1 Å². The number of nitrogens with one attached hydrogen (secondary N) is 1. The largest absolute Gasteiger partial charge is 0.497 e. The van der Waals surface area contributed by atoms with Gasteiger partial charge in [0.05, 0.1) is 24.2 Å². The van der Waals surface area contributed by atoms with E-state index in [0.29, 0.717) is 29.4 Å². The molecule has 5 nitrogen and oxygen atoms in total. The van der Waals surface area contributed by atoms with Crippen LogP contribution >= 0.6 is 24.0 Å². The molecular formula is C20H19Cl2NO4. The van der Waals surface area contributed by atoms with Gasteiger partial charge in [0.25, 0.3) is 0 Å². The van der Waals surface area contributed by atoms with E-state index in [4.69, 9.17) is 25.9 Å². The number of aromatic carboxylic acids is 1. The van der Waals surface area contributed by atoms with Gasteiger partial charge in [0.1, 0.15) is 17.3 Å². The van der Waals surface area contributed by atoms with E-state index in [-0.39, 0.29) is 18.0 Å². The lowest BCUT2D eigenvalue weighted by Crippen LogP contribution is -2.11. The van der Waals surface area contributed by atoms with Gasteiger partial charge in [-0.2, -0.15) is 0 Å². The molecule has 7 heteroatoms. The van der Waals surface area contributed by atoms with E-state index in [1.807, 2.05) is 30.3 Å². The van der Waals surface area contributed by atoms with Crippen LogP contribution in [0.3, 0.4) is 0 Å². The molecule has 1 aromatic heterocycles. The summed E-state index contributed by atoms with van der Waals surface area (Å²) >= 11 is 6.17. The standard InChI is InChI=1S/C20H18ClNO4.ClH/c1-25-15-5-2-13(3-6-15)11-22-12-16-7-9-19(26-16)17-10-14(20(23)24)4-8-18(17)21;/h2-10,22H,11-12H2,1H3,(H,23,24);1H. The average molecular weight is 408 g/mol. The van der Waals surface area contributed by atoms with Crippen LogP contribution in [-0.4, -0.2) is 18.2 Å². The Bertz CT molecular complexity index is 907. The van der Waals surface area contributed by atoms with Gasteiger partial charge in [-0.1, -0.05) is 23.7 Å². The molecule has 0 bridgehead atoms. The smallest absolute Gasteiger partial charge is 0.335 e. The Labute approximate surface area is 168 Å². The summed E-state index contributed by atoms with van der Waals surface area (Å²) in [5, 5.41) is 12.9. The third kappa shape index (κ3) is 5.26. The minimum Gasteiger partial charge on any atom is -0.497 e. The van der Waals surface area contributed by atoms with E-state index in [1.165, 1.54) is 12.1 Å². The fraction of sp³-hybridized carbons (Fsp3) is 0.150. The fourth-order valence-corrected chi connectivity index (χ4v) is 2.75. The first kappa shape index (κ1) is 20.8. The zero-order valence-electron chi connectivity index (χ0n) is 14.6. The molecule has 2 aromatic carbocycles. The van der Waals surface area contributed by atoms with Gasteiger partial charge in [-0.25, -0.2) is 4.79 Å². The number of carboxylic acids is 1. The van der Waals surface area contributed by atoms with Crippen LogP contribution in [0.5, 0.6) is 5.75 Å². The molecule has 0 fully saturated rings. The van der Waals surface area contributed by atoms with E-state index >= 15 is 0 Å². The lowest BCUT2D eigenvalue weighted by Gasteiger charge is -2.05. The maximum absolute atomic E-state index is 11.1. The van der Waals surface area contributed by atoms with Crippen LogP contribution < -0.4 is 10.1 Å². The number of rotatable bonds is 7. The minimum atomic E-state index is -1.00. The molecule has 0 radical (unpaired) electrons. The van der Waals surface area contributed by atoms with Crippen molar-refractivity contribution in [3.63, 3.8) is 0 Å². The zero-order chi connectivity index (χ0) is 18.5. The monoisotopic (exact) mass is 407 g/mol. The third-order valence-electron chi connectivity index (χ3n) is 3.93. The normalized spacial score (nSPS) is 10.3. The molecule has 3 rings (SSSR count). The highest BCUT2D eigenvalue weighted by Crippen LogP contribution is 2.30. The Morgan fingerprint density at radius 3 is 2.52 bits per heavy atom. The number of furan rings is 1. The van der Waals surface area contributed by atoms with Gasteiger partial charge in [-0.3, -0.25) is 0 Å². The van der Waals surface area contributed by atoms with Gasteiger partial charge in [-0.05, 0) is 48.0 Å². The van der Waals surface area contributed by atoms with Crippen molar-refractivity contribution in [2.24, 2.45) is 0 Å². The Hall–Kier alpha value is -2.47. The van der Waals surface area contributed by atoms with Crippen molar-refractivity contribution in [2.75, 3.05) is 7.11 Å². The van der Waals surface area contributed by atoms with E-state index in [9.17, 15) is 4.79 Å². The Morgan fingerprint density at radius 1 is 1.11 bits per heavy atom. The first-order valence-corrected chi connectivity index (χ1v) is 8.40. The molecule has 1 heterocycles. The maximum atomic E-state index is 11.1. The minimum absolute atomic E-state index is 0. The SMILES string of the molecule is COc1ccc(CNCc2ccc(-c3cc(C(=O)O)ccc3Cl)o2)cc1.Cl. The predicted molar refractivity (Wildman–Crippen MR) is 107 cm³/mol. The van der Waals surface area contributed by atoms with Crippen molar-refractivity contribution < 1.29 is 19.1 Å². The highest BCUT2D eigenvalue weighted by atomic mass is 35.5. The van der Waals surface area contributed by atoms with Gasteiger partial charge >= 0.3 is 5.97 Å². The topological polar surface area (TPSA) is 71.7 Å². The van der Waals surface area contributed by atoms with Gasteiger partial charge < -0.3 is 19.6 Å². The Balaban J connectivity index is 0.00000261. The molecule has 0 saturated heterocycles. The van der Waals surface area contributed by atoms with Crippen LogP contribution in [0.25, 0.3) is 11.3 Å². The molecule has 0 unspecified atom stereocenters. The second kappa shape index (κ2) is 9.46. The summed E-state index contributed by atoms with van der Waals surface area (Å²) in [6.45, 7) is 1.23. The number of carboxylic acid groups (broad SMARTS) is 1. The van der Waals surface area contributed by atoms with Crippen molar-refractivity contribution >= 4 is 30.0 Å². The van der Waals surface area contributed by atoms with E-state index in [0.717, 1.165) is 17.1 Å². The van der Waals surface area contributed by atoms with Gasteiger partial charge in [-0.15, -0.1) is 12.4 Å². The summed E-state index contributed by atoms with van der Waals surface area (Å²) in [7, 11) is 1.64. The maximum Gasteiger partial charge on any atom is 0.335 e. The zero-order valence-corrected chi connectivity index (χ0v) is 16.1. The summed E-state index contributed by atoms with van der Waals surface area (Å²) < 4.78 is 10.9. The lowest BCUT2D eigenvalue weighted by atomic mass is 10.1. The fourth-order valence-electron chi connectivity index (χ4n) is 2.54. The molecular weight excluding hydrogens is 389 g/mol. The van der Waals surface area contributed by atoms with Crippen LogP contribution in [0.2, 0.25) is 5.02 Å². The molecule has 0 spiro atoms. The van der Waals surface area contributed by atoms with Crippen molar-refractivity contribution in [1.82, 2.24) is 5.32 Å². The molecule has 0 saturated carbocycles. The highest BCUT2D eigenvalue weighted by molar-refractivity contribution is 6.33. The first-order valence-electron chi connectivity index (χ1n) is 8.02. The molecule has 0 amide bonds. The van der Waals surface area contributed by atoms with Crippen molar-refractivity contribution in [3.05, 3.63) is 76.5 Å². The quantitative estimate of drug-likeness (QED) is 0.575. The molecule has 0 aliphatic carbocycles. The van der Waals surface area contributed by atoms with Crippen LogP contribution in [0.4, 0.5) is 0 Å². The summed E-state index contributed by atoms with van der Waals surface area (Å²) in [6, 6.07) is 16.0. The molecule has 0 aliphatic rings. The number of carbonyl (C=O) groups is 1. The molecule has 27 heavy (non-hydrogen) atoms. The van der Waals surface area contributed by atoms with Crippen LogP contribution in [-0.2, 0) is 13.1 Å². The highest BCUT2D eigenvalue weighted by Gasteiger charge is 2.12. The molecule has 0 atom stereocenters. The lowest BCUT2D eigenvalue weighted by molar-refractivity contribution is 0.0697. The van der Waals surface area contributed by atoms with Crippen molar-refractivity contribution in [3.8, 4) is 17.1 Å². The average Bonchev–Trinajstić information content (AvgIpc) is 3.11. The number of hydrogen-bond donors (Lipinski definition) is 2. The van der Waals surface area contributed by atoms with Crippen LogP contribution in [0.1, 0.15) is 21.7 Å². The number of halogens is 2. The summed E-state index contributed by atoms with van der Waals surface area (Å²) in [6.07, 6.45) is 0. The molecule has 3 aromatic rings. The summed E-state index contributed by atoms with van der Waals surface area (Å²) in [5.41, 5.74) is 1.86. The second-order valence-corrected chi connectivity index (χ2v) is 6.12. The summed E-state index contributed by atoms with van der Waals surface area (Å²) in [5.74, 6) is 1.10. The number of hydrogen-bond acceptors (Lipinski definition) is 4. The number of benzene rings is 2. The van der Waals surface area contributed by atoms with Crippen LogP contribution in [0, 0.1) is 0 Å². The Morgan fingerprint density at radius 2 is 1.85 bits per heavy atom. The van der Waals surface area contributed by atoms with Crippen LogP contribution in [0.15, 0.2) is 59.0 Å². The second-order valence-electron chi connectivity index (χ2n) is 5.72. The summed E-state index contributed by atoms with van der Waals surface area (Å²) in [4.78, 5) is 11.1. The molecule has 2 N–H and O–H groups in total. The van der Waals surface area contributed by atoms with Crippen molar-refractivity contribution in [1.29, 1.82) is 0 Å². The van der Waals surface area contributed by atoms with E-state index < -0.39 is 5.97 Å². The molecule has 142 valence electrons. The number of ether oxygens (including phenoxy) is 1. The number of methoxy groups -OCH3 is 1. The third-order valence-corrected chi connectivity index (χ3v) is 4.26. The van der Waals surface area contributed by atoms with E-state index in [2.05, 4.69) is 5.32 Å². The predicted octanol–water partition coefficient (Wildman–Crippen LogP) is 5.02. The molecule has 0 aliphatic heterocycles.